The van der Waals surface area contributed by atoms with Crippen molar-refractivity contribution in [2.75, 3.05) is 36.2 Å². The number of carbonyl (C=O) groups is 3. The van der Waals surface area contributed by atoms with Crippen LogP contribution in [0.1, 0.15) is 69.3 Å². The molecule has 5 aromatic rings. The van der Waals surface area contributed by atoms with Gasteiger partial charge in [0, 0.05) is 31.7 Å². The molecule has 74 heavy (non-hydrogen) atoms. The smallest absolute Gasteiger partial charge is 0.420 e. The van der Waals surface area contributed by atoms with E-state index in [-0.39, 0.29) is 67.1 Å². The molecule has 0 radical (unpaired) electrons. The monoisotopic (exact) mass is 1070 g/mol. The van der Waals surface area contributed by atoms with Crippen molar-refractivity contribution >= 4 is 57.8 Å². The van der Waals surface area contributed by atoms with E-state index >= 15 is 13.2 Å². The average molecular weight is 1070 g/mol. The second-order valence-electron chi connectivity index (χ2n) is 18.6. The van der Waals surface area contributed by atoms with Crippen LogP contribution < -0.4 is 25.2 Å². The Labute approximate surface area is 431 Å². The van der Waals surface area contributed by atoms with Crippen molar-refractivity contribution < 1.29 is 60.4 Å². The van der Waals surface area contributed by atoms with Crippen LogP contribution in [0.5, 0.6) is 5.75 Å². The topological polar surface area (TPSA) is 193 Å². The summed E-state index contributed by atoms with van der Waals surface area (Å²) in [5.41, 5.74) is 0.0674. The van der Waals surface area contributed by atoms with Crippen LogP contribution >= 0.6 is 23.6 Å². The third kappa shape index (κ3) is 11.8. The second-order valence-corrected chi connectivity index (χ2v) is 19.8. The minimum absolute atomic E-state index is 0.0239. The molecule has 4 heterocycles. The number of thiazole rings is 1. The van der Waals surface area contributed by atoms with Crippen LogP contribution in [0, 0.1) is 41.6 Å². The number of halogens is 6. The molecule has 2 aliphatic rings. The number of anilines is 2. The quantitative estimate of drug-likeness (QED) is 0.0378. The lowest BCUT2D eigenvalue weighted by molar-refractivity contribution is -0.143. The Kier molecular flexibility index (Phi) is 17.0. The Hall–Kier alpha value is -6.71. The van der Waals surface area contributed by atoms with E-state index in [4.69, 9.17) is 21.7 Å². The van der Waals surface area contributed by atoms with Crippen molar-refractivity contribution in [3.63, 3.8) is 0 Å². The predicted molar refractivity (Wildman–Crippen MR) is 266 cm³/mol. The minimum atomic E-state index is -5.23. The number of aliphatic hydroxyl groups is 2. The van der Waals surface area contributed by atoms with Gasteiger partial charge in [0.1, 0.15) is 24.3 Å². The number of unbranched alkanes of at least 4 members (excludes halogenated alkanes) is 1. The molecule has 4 atom stereocenters. The molecule has 392 valence electrons. The van der Waals surface area contributed by atoms with Gasteiger partial charge in [0.25, 0.3) is 0 Å². The lowest BCUT2D eigenvalue weighted by Gasteiger charge is -2.32. The minimum Gasteiger partial charge on any atom is -0.488 e. The number of alkyl halides is 3. The molecular formula is C51H52F6N8O7S2. The SMILES string of the molecule is Cc1ncsc1-c1ccc(CNC(=O)[C@@H]2C[C@@H](O)CN2C(=O)[C@@H](NC(=O)COCCCCOc2c(F)cc(-c3ccc(N4C(=S)N(c5ccc(C#N)c(C(F)(F)F)c5F)C(O)C4(C)C)cn3)cc2F)C(C)C)cc1. The summed E-state index contributed by atoms with van der Waals surface area (Å²) in [6, 6.07) is 13.6. The number of rotatable bonds is 18. The number of likely N-dealkylation sites (tertiary alicyclic amines) is 1. The van der Waals surface area contributed by atoms with Gasteiger partial charge in [-0.25, -0.2) is 18.2 Å². The van der Waals surface area contributed by atoms with Gasteiger partial charge < -0.3 is 40.1 Å². The van der Waals surface area contributed by atoms with E-state index in [0.29, 0.717) is 6.42 Å². The van der Waals surface area contributed by atoms with Gasteiger partial charge in [-0.05, 0) is 99.3 Å². The zero-order valence-corrected chi connectivity index (χ0v) is 42.3. The predicted octanol–water partition coefficient (Wildman–Crippen LogP) is 7.79. The van der Waals surface area contributed by atoms with Crippen molar-refractivity contribution in [1.29, 1.82) is 5.26 Å². The number of benzene rings is 3. The Morgan fingerprint density at radius 1 is 0.986 bits per heavy atom. The van der Waals surface area contributed by atoms with Gasteiger partial charge in [0.2, 0.25) is 17.7 Å². The van der Waals surface area contributed by atoms with Crippen LogP contribution in [0.4, 0.5) is 37.7 Å². The number of nitrogens with zero attached hydrogens (tertiary/aromatic N) is 6. The van der Waals surface area contributed by atoms with Crippen molar-refractivity contribution in [1.82, 2.24) is 25.5 Å². The highest BCUT2D eigenvalue weighted by atomic mass is 32.1. The van der Waals surface area contributed by atoms with Gasteiger partial charge in [-0.3, -0.25) is 24.3 Å². The molecule has 3 aromatic carbocycles. The number of nitrogens with one attached hydrogen (secondary N) is 2. The van der Waals surface area contributed by atoms with E-state index in [0.717, 1.165) is 50.9 Å². The maximum atomic E-state index is 15.5. The first-order chi connectivity index (χ1) is 35.0. The number of aromatic nitrogens is 2. The lowest BCUT2D eigenvalue weighted by atomic mass is 10.0. The molecule has 0 aliphatic carbocycles. The zero-order chi connectivity index (χ0) is 53.8. The number of aliphatic hydroxyl groups excluding tert-OH is 2. The molecule has 0 saturated carbocycles. The second kappa shape index (κ2) is 22.8. The summed E-state index contributed by atoms with van der Waals surface area (Å²) in [6.07, 6.45) is -5.93. The largest absolute Gasteiger partial charge is 0.488 e. The summed E-state index contributed by atoms with van der Waals surface area (Å²) < 4.78 is 98.3. The highest BCUT2D eigenvalue weighted by Gasteiger charge is 2.52. The molecule has 23 heteroatoms. The fraction of sp³-hybridized carbons (Fsp3) is 0.392. The van der Waals surface area contributed by atoms with Crippen LogP contribution in [0.3, 0.4) is 0 Å². The number of nitriles is 1. The van der Waals surface area contributed by atoms with E-state index < -0.39 is 100 Å². The summed E-state index contributed by atoms with van der Waals surface area (Å²) in [6.45, 7) is 8.09. The summed E-state index contributed by atoms with van der Waals surface area (Å²) in [4.78, 5) is 53.2. The van der Waals surface area contributed by atoms with Crippen molar-refractivity contribution in [2.45, 2.75) is 96.6 Å². The zero-order valence-electron chi connectivity index (χ0n) is 40.7. The number of amides is 3. The number of hydrogen-bond donors (Lipinski definition) is 4. The van der Waals surface area contributed by atoms with Gasteiger partial charge in [0.05, 0.1) is 69.2 Å². The van der Waals surface area contributed by atoms with E-state index in [1.165, 1.54) is 59.4 Å². The molecule has 3 amide bonds. The highest BCUT2D eigenvalue weighted by Crippen LogP contribution is 2.44. The number of ether oxygens (including phenoxy) is 2. The first kappa shape index (κ1) is 55.0. The first-order valence-corrected chi connectivity index (χ1v) is 24.6. The maximum absolute atomic E-state index is 15.5. The summed E-state index contributed by atoms with van der Waals surface area (Å²) >= 11 is 7.07. The Balaban J connectivity index is 0.865. The fourth-order valence-electron chi connectivity index (χ4n) is 8.74. The summed E-state index contributed by atoms with van der Waals surface area (Å²) in [5.74, 6) is -6.42. The van der Waals surface area contributed by atoms with Gasteiger partial charge in [-0.2, -0.15) is 18.4 Å². The van der Waals surface area contributed by atoms with Gasteiger partial charge in [-0.15, -0.1) is 11.3 Å². The van der Waals surface area contributed by atoms with E-state index in [2.05, 4.69) is 20.6 Å². The number of thiocarbonyl (C=S) groups is 1. The van der Waals surface area contributed by atoms with Crippen molar-refractivity contribution in [2.24, 2.45) is 5.92 Å². The van der Waals surface area contributed by atoms with E-state index in [9.17, 15) is 43.0 Å². The molecule has 2 aliphatic heterocycles. The van der Waals surface area contributed by atoms with Crippen LogP contribution in [0.15, 0.2) is 72.4 Å². The van der Waals surface area contributed by atoms with Gasteiger partial charge >= 0.3 is 6.18 Å². The van der Waals surface area contributed by atoms with Crippen LogP contribution in [-0.4, -0.2) is 104 Å². The average Bonchev–Trinajstić information content (AvgIpc) is 4.01. The molecule has 1 unspecified atom stereocenters. The number of carbonyl (C=O) groups excluding carboxylic acids is 3. The van der Waals surface area contributed by atoms with E-state index in [1.807, 2.05) is 31.2 Å². The van der Waals surface area contributed by atoms with Gasteiger partial charge in [-0.1, -0.05) is 38.1 Å². The lowest BCUT2D eigenvalue weighted by Crippen LogP contribution is -2.55. The molecule has 15 nitrogen and oxygen atoms in total. The van der Waals surface area contributed by atoms with Crippen molar-refractivity contribution in [3.8, 4) is 33.5 Å². The molecule has 0 bridgehead atoms. The third-order valence-electron chi connectivity index (χ3n) is 12.6. The number of β-amino-alcohol motifs (C(OH)–C–C–N with tert-alkyl or cyclic N) is 1. The van der Waals surface area contributed by atoms with Gasteiger partial charge in [0.15, 0.2) is 34.5 Å². The third-order valence-corrected chi connectivity index (χ3v) is 14.0. The molecule has 7 rings (SSSR count). The fourth-order valence-corrected chi connectivity index (χ4v) is 10.1. The van der Waals surface area contributed by atoms with E-state index in [1.54, 1.807) is 19.4 Å². The normalized spacial score (nSPS) is 17.9. The first-order valence-electron chi connectivity index (χ1n) is 23.4. The van der Waals surface area contributed by atoms with Crippen LogP contribution in [-0.2, 0) is 31.8 Å². The van der Waals surface area contributed by atoms with Crippen LogP contribution in [0.2, 0.25) is 0 Å². The molecule has 2 fully saturated rings. The number of pyridine rings is 1. The van der Waals surface area contributed by atoms with Crippen LogP contribution in [0.25, 0.3) is 21.7 Å². The maximum Gasteiger partial charge on any atom is 0.420 e. The molecule has 2 aromatic heterocycles. The van der Waals surface area contributed by atoms with Crippen molar-refractivity contribution in [3.05, 3.63) is 112 Å². The Morgan fingerprint density at radius 2 is 1.68 bits per heavy atom. The Bertz CT molecular complexity index is 2910. The molecular weight excluding hydrogens is 1010 g/mol. The summed E-state index contributed by atoms with van der Waals surface area (Å²) in [7, 11) is 0. The Morgan fingerprint density at radius 3 is 2.28 bits per heavy atom. The summed E-state index contributed by atoms with van der Waals surface area (Å²) in [5, 5.41) is 36.2. The number of aryl methyl sites for hydroxylation is 1. The number of hydrogen-bond acceptors (Lipinski definition) is 12. The molecule has 4 N–H and O–H groups in total. The standard InChI is InChI=1S/C51H52F6N8O7S2/c1-27(2)43(47(69)63-24-34(66)20-39(63)46(68)60-22-29-8-10-30(11-9-29)45-28(3)61-26-74-45)62-40(67)25-71-16-6-7-17-72-44-35(52)18-32(19-36(44)53)37-14-13-33(23-59-37)65-49(73)64(48(70)50(65,4)5)38-15-12-31(21-58)41(42(38)54)51(55,56)57/h8-15,18-19,23,26-27,34,39,43,48,66,70H,6-7,16-17,20,22,24-25H2,1-5H3,(H,60,68)(H,62,67)/t34-,39+,43+,48?/m1/s1. The molecule has 2 saturated heterocycles. The molecule has 0 spiro atoms. The highest BCUT2D eigenvalue weighted by molar-refractivity contribution is 7.80.